The Labute approximate surface area is 112 Å². The van der Waals surface area contributed by atoms with Crippen LogP contribution in [0.5, 0.6) is 5.75 Å². The van der Waals surface area contributed by atoms with Gasteiger partial charge in [0.05, 0.1) is 7.11 Å². The Kier molecular flexibility index (Phi) is 5.67. The van der Waals surface area contributed by atoms with Gasteiger partial charge in [-0.05, 0) is 49.9 Å². The fourth-order valence-corrected chi connectivity index (χ4v) is 2.25. The lowest BCUT2D eigenvalue weighted by Crippen LogP contribution is -2.24. The molecule has 1 N–H and O–H groups in total. The van der Waals surface area contributed by atoms with Gasteiger partial charge in [-0.25, -0.2) is 0 Å². The van der Waals surface area contributed by atoms with Crippen molar-refractivity contribution in [3.05, 3.63) is 29.3 Å². The van der Waals surface area contributed by atoms with Crippen molar-refractivity contribution in [1.29, 1.82) is 0 Å². The molecule has 1 aromatic rings. The zero-order chi connectivity index (χ0) is 13.6. The number of aryl methyl sites for hydroxylation is 1. The summed E-state index contributed by atoms with van der Waals surface area (Å²) in [5, 5.41) is 3.40. The lowest BCUT2D eigenvalue weighted by atomic mass is 9.82. The molecule has 18 heavy (non-hydrogen) atoms. The van der Waals surface area contributed by atoms with Crippen LogP contribution in [-0.2, 0) is 6.42 Å². The summed E-state index contributed by atoms with van der Waals surface area (Å²) in [6, 6.07) is 6.42. The summed E-state index contributed by atoms with van der Waals surface area (Å²) in [5.41, 5.74) is 2.91. The summed E-state index contributed by atoms with van der Waals surface area (Å²) in [5.74, 6) is 1.01. The minimum atomic E-state index is 0.295. The molecule has 0 amide bonds. The van der Waals surface area contributed by atoms with Crippen molar-refractivity contribution in [3.8, 4) is 5.75 Å². The van der Waals surface area contributed by atoms with Gasteiger partial charge in [0.25, 0.3) is 0 Å². The molecule has 2 heteroatoms. The average molecular weight is 249 g/mol. The molecule has 0 heterocycles. The number of nitrogens with one attached hydrogen (secondary N) is 1. The summed E-state index contributed by atoms with van der Waals surface area (Å²) in [6.45, 7) is 11.1. The first kappa shape index (κ1) is 15.0. The molecular formula is C16H27NO. The van der Waals surface area contributed by atoms with Gasteiger partial charge in [-0.2, -0.15) is 0 Å². The van der Waals surface area contributed by atoms with Gasteiger partial charge in [0.1, 0.15) is 5.75 Å². The zero-order valence-corrected chi connectivity index (χ0v) is 12.5. The van der Waals surface area contributed by atoms with E-state index >= 15 is 0 Å². The predicted molar refractivity (Wildman–Crippen MR) is 78.4 cm³/mol. The third-order valence-electron chi connectivity index (χ3n) is 3.33. The van der Waals surface area contributed by atoms with Crippen LogP contribution in [0.1, 0.15) is 38.3 Å². The Morgan fingerprint density at radius 3 is 2.61 bits per heavy atom. The molecule has 0 fully saturated rings. The maximum Gasteiger partial charge on any atom is 0.122 e. The first-order valence-electron chi connectivity index (χ1n) is 6.83. The molecule has 102 valence electrons. The largest absolute Gasteiger partial charge is 0.496 e. The lowest BCUT2D eigenvalue weighted by molar-refractivity contribution is 0.319. The Morgan fingerprint density at radius 2 is 2.00 bits per heavy atom. The van der Waals surface area contributed by atoms with Gasteiger partial charge in [0, 0.05) is 0 Å². The number of benzene rings is 1. The molecule has 0 saturated heterocycles. The third-order valence-corrected chi connectivity index (χ3v) is 3.33. The molecule has 1 aromatic carbocycles. The molecule has 1 rings (SSSR count). The zero-order valence-electron chi connectivity index (χ0n) is 12.5. The van der Waals surface area contributed by atoms with Crippen LogP contribution < -0.4 is 10.1 Å². The molecule has 0 spiro atoms. The summed E-state index contributed by atoms with van der Waals surface area (Å²) in [6.07, 6.45) is 2.24. The highest BCUT2D eigenvalue weighted by Crippen LogP contribution is 2.30. The van der Waals surface area contributed by atoms with Gasteiger partial charge >= 0.3 is 0 Å². The topological polar surface area (TPSA) is 21.3 Å². The third kappa shape index (κ3) is 4.69. The summed E-state index contributed by atoms with van der Waals surface area (Å²) in [7, 11) is 1.75. The van der Waals surface area contributed by atoms with Crippen molar-refractivity contribution < 1.29 is 4.74 Å². The smallest absolute Gasteiger partial charge is 0.122 e. The number of hydrogen-bond acceptors (Lipinski definition) is 2. The molecule has 0 saturated carbocycles. The monoisotopic (exact) mass is 249 g/mol. The maximum atomic E-state index is 5.46. The van der Waals surface area contributed by atoms with Crippen molar-refractivity contribution in [2.45, 2.75) is 40.5 Å². The van der Waals surface area contributed by atoms with Gasteiger partial charge in [0.2, 0.25) is 0 Å². The van der Waals surface area contributed by atoms with Crippen LogP contribution >= 0.6 is 0 Å². The first-order chi connectivity index (χ1) is 8.48. The predicted octanol–water partition coefficient (Wildman–Crippen LogP) is 3.57. The Balaban J connectivity index is 2.72. The molecular weight excluding hydrogens is 222 g/mol. The van der Waals surface area contributed by atoms with Crippen molar-refractivity contribution in [2.75, 3.05) is 20.2 Å². The van der Waals surface area contributed by atoms with E-state index in [0.29, 0.717) is 5.41 Å². The number of ether oxygens (including phenoxy) is 1. The van der Waals surface area contributed by atoms with E-state index in [1.54, 1.807) is 7.11 Å². The fourth-order valence-electron chi connectivity index (χ4n) is 2.25. The molecule has 0 aromatic heterocycles. The second-order valence-electron chi connectivity index (χ2n) is 5.76. The van der Waals surface area contributed by atoms with E-state index in [1.165, 1.54) is 17.5 Å². The second kappa shape index (κ2) is 6.79. The molecule has 0 aliphatic carbocycles. The lowest BCUT2D eigenvalue weighted by Gasteiger charge is -2.26. The quantitative estimate of drug-likeness (QED) is 0.746. The first-order valence-corrected chi connectivity index (χ1v) is 6.83. The second-order valence-corrected chi connectivity index (χ2v) is 5.76. The van der Waals surface area contributed by atoms with Crippen molar-refractivity contribution in [1.82, 2.24) is 5.32 Å². The standard InChI is InChI=1S/C16H27NO/c1-6-17-10-9-16(3,4)12-14-11-13(2)7-8-15(14)18-5/h7-8,11,17H,6,9-10,12H2,1-5H3. The van der Waals surface area contributed by atoms with Crippen molar-refractivity contribution in [2.24, 2.45) is 5.41 Å². The van der Waals surface area contributed by atoms with Crippen molar-refractivity contribution >= 4 is 0 Å². The highest BCUT2D eigenvalue weighted by atomic mass is 16.5. The van der Waals surface area contributed by atoms with Gasteiger partial charge in [-0.15, -0.1) is 0 Å². The molecule has 0 aliphatic heterocycles. The molecule has 2 nitrogen and oxygen atoms in total. The fraction of sp³-hybridized carbons (Fsp3) is 0.625. The van der Waals surface area contributed by atoms with E-state index in [-0.39, 0.29) is 0 Å². The highest BCUT2D eigenvalue weighted by Gasteiger charge is 2.20. The van der Waals surface area contributed by atoms with E-state index in [9.17, 15) is 0 Å². The normalized spacial score (nSPS) is 11.6. The van der Waals surface area contributed by atoms with Gasteiger partial charge in [0.15, 0.2) is 0 Å². The number of rotatable bonds is 7. The maximum absolute atomic E-state index is 5.46. The number of methoxy groups -OCH3 is 1. The Hall–Kier alpha value is -1.02. The van der Waals surface area contributed by atoms with E-state index < -0.39 is 0 Å². The summed E-state index contributed by atoms with van der Waals surface area (Å²) in [4.78, 5) is 0. The molecule has 0 radical (unpaired) electrons. The molecule has 0 aliphatic rings. The van der Waals surface area contributed by atoms with E-state index in [2.05, 4.69) is 51.2 Å². The van der Waals surface area contributed by atoms with E-state index in [4.69, 9.17) is 4.74 Å². The van der Waals surface area contributed by atoms with Crippen LogP contribution in [0.4, 0.5) is 0 Å². The minimum absolute atomic E-state index is 0.295. The van der Waals surface area contributed by atoms with Crippen LogP contribution in [0.3, 0.4) is 0 Å². The Bertz CT molecular complexity index is 371. The summed E-state index contributed by atoms with van der Waals surface area (Å²) >= 11 is 0. The summed E-state index contributed by atoms with van der Waals surface area (Å²) < 4.78 is 5.46. The Morgan fingerprint density at radius 1 is 1.28 bits per heavy atom. The van der Waals surface area contributed by atoms with Gasteiger partial charge < -0.3 is 10.1 Å². The molecule has 0 atom stereocenters. The molecule has 0 unspecified atom stereocenters. The highest BCUT2D eigenvalue weighted by molar-refractivity contribution is 5.37. The van der Waals surface area contributed by atoms with Crippen molar-refractivity contribution in [3.63, 3.8) is 0 Å². The van der Waals surface area contributed by atoms with Gasteiger partial charge in [-0.3, -0.25) is 0 Å². The molecule has 0 bridgehead atoms. The van der Waals surface area contributed by atoms with E-state index in [0.717, 1.165) is 25.3 Å². The minimum Gasteiger partial charge on any atom is -0.496 e. The van der Waals surface area contributed by atoms with Crippen LogP contribution in [-0.4, -0.2) is 20.2 Å². The van der Waals surface area contributed by atoms with Crippen LogP contribution in [0.15, 0.2) is 18.2 Å². The van der Waals surface area contributed by atoms with E-state index in [1.807, 2.05) is 0 Å². The van der Waals surface area contributed by atoms with Crippen LogP contribution in [0, 0.1) is 12.3 Å². The van der Waals surface area contributed by atoms with Crippen LogP contribution in [0.25, 0.3) is 0 Å². The van der Waals surface area contributed by atoms with Crippen LogP contribution in [0.2, 0.25) is 0 Å². The SMILES string of the molecule is CCNCCC(C)(C)Cc1cc(C)ccc1OC. The number of hydrogen-bond donors (Lipinski definition) is 1. The average Bonchev–Trinajstić information content (AvgIpc) is 2.29. The van der Waals surface area contributed by atoms with Gasteiger partial charge in [-0.1, -0.05) is 38.5 Å².